The number of hydrogen-bond acceptors (Lipinski definition) is 0. The van der Waals surface area contributed by atoms with Gasteiger partial charge in [0.1, 0.15) is 0 Å². The van der Waals surface area contributed by atoms with E-state index in [0.717, 1.165) is 0 Å². The molecule has 0 amide bonds. The predicted octanol–water partition coefficient (Wildman–Crippen LogP) is 2.57. The fourth-order valence-electron chi connectivity index (χ4n) is 0.321. The molecule has 1 aliphatic rings. The van der Waals surface area contributed by atoms with Crippen molar-refractivity contribution >= 4 is 0 Å². The Kier molecular flexibility index (Phi) is 6.10. The predicted molar refractivity (Wildman–Crippen MR) is 25.9 cm³/mol. The van der Waals surface area contributed by atoms with Crippen LogP contribution in [0.5, 0.6) is 0 Å². The van der Waals surface area contributed by atoms with Gasteiger partial charge in [-0.15, -0.1) is 0 Å². The van der Waals surface area contributed by atoms with E-state index < -0.39 is 19.5 Å². The van der Waals surface area contributed by atoms with Crippen molar-refractivity contribution in [1.29, 1.82) is 0 Å². The minimum absolute atomic E-state index is 2.00. The van der Waals surface area contributed by atoms with Gasteiger partial charge in [0.05, 0.1) is 0 Å². The van der Waals surface area contributed by atoms with Crippen LogP contribution in [0.15, 0.2) is 24.3 Å². The molecule has 0 aliphatic heterocycles. The molecule has 0 spiro atoms. The second kappa shape index (κ2) is 6.11. The van der Waals surface area contributed by atoms with E-state index in [1.807, 2.05) is 30.7 Å². The third-order valence-electron chi connectivity index (χ3n) is 0.556. The monoisotopic (exact) mass is 170 g/mol. The molecule has 50 valence electrons. The minimum atomic E-state index is -4.83. The molecular formula is C5H5F3Ti. The summed E-state index contributed by atoms with van der Waals surface area (Å²) in [6.45, 7) is 0. The molecular weight excluding hydrogens is 165 g/mol. The molecule has 1 radical (unpaired) electrons. The topological polar surface area (TPSA) is 0 Å². The SMILES string of the molecule is [CH]1C=CC=C1.[F][Ti]([F])[F]. The normalized spacial score (nSPS) is 12.8. The van der Waals surface area contributed by atoms with Gasteiger partial charge in [-0.05, 0) is 0 Å². The zero-order valence-electron chi connectivity index (χ0n) is 4.52. The maximum atomic E-state index is 9.83. The Morgan fingerprint density at radius 3 is 1.22 bits per heavy atom. The van der Waals surface area contributed by atoms with E-state index in [1.165, 1.54) is 0 Å². The van der Waals surface area contributed by atoms with Gasteiger partial charge in [-0.1, -0.05) is 24.3 Å². The summed E-state index contributed by atoms with van der Waals surface area (Å²) in [4.78, 5) is 0. The summed E-state index contributed by atoms with van der Waals surface area (Å²) in [6.07, 6.45) is 10.0. The van der Waals surface area contributed by atoms with E-state index in [2.05, 4.69) is 0 Å². The first kappa shape index (κ1) is 8.98. The van der Waals surface area contributed by atoms with E-state index in [-0.39, 0.29) is 0 Å². The van der Waals surface area contributed by atoms with Crippen molar-refractivity contribution in [2.24, 2.45) is 0 Å². The molecule has 0 saturated carbocycles. The Bertz CT molecular complexity index is 96.0. The molecule has 0 aromatic heterocycles. The Labute approximate surface area is 59.9 Å². The first-order valence-electron chi connectivity index (χ1n) is 2.23. The van der Waals surface area contributed by atoms with Crippen molar-refractivity contribution in [2.75, 3.05) is 0 Å². The van der Waals surface area contributed by atoms with Crippen LogP contribution >= 0.6 is 0 Å². The molecule has 1 aliphatic carbocycles. The molecule has 9 heavy (non-hydrogen) atoms. The molecule has 0 bridgehead atoms. The summed E-state index contributed by atoms with van der Waals surface area (Å²) < 4.78 is 29.5. The number of halogens is 3. The Balaban J connectivity index is 0.000000148. The molecule has 0 aromatic rings. The van der Waals surface area contributed by atoms with Crippen LogP contribution in [-0.4, -0.2) is 0 Å². The zero-order chi connectivity index (χ0) is 7.11. The van der Waals surface area contributed by atoms with E-state index in [9.17, 15) is 9.28 Å². The van der Waals surface area contributed by atoms with E-state index >= 15 is 0 Å². The first-order valence-corrected chi connectivity index (χ1v) is 4.00. The van der Waals surface area contributed by atoms with Gasteiger partial charge in [-0.2, -0.15) is 0 Å². The summed E-state index contributed by atoms with van der Waals surface area (Å²) in [7, 11) is 0. The van der Waals surface area contributed by atoms with E-state index in [0.29, 0.717) is 0 Å². The van der Waals surface area contributed by atoms with Gasteiger partial charge in [-0.3, -0.25) is 0 Å². The average molecular weight is 170 g/mol. The van der Waals surface area contributed by atoms with Crippen LogP contribution < -0.4 is 0 Å². The van der Waals surface area contributed by atoms with Crippen LogP contribution in [0, 0.1) is 6.42 Å². The summed E-state index contributed by atoms with van der Waals surface area (Å²) in [5, 5.41) is 0. The van der Waals surface area contributed by atoms with E-state index in [1.54, 1.807) is 0 Å². The van der Waals surface area contributed by atoms with Crippen LogP contribution in [-0.2, 0) is 19.5 Å². The molecule has 0 atom stereocenters. The third-order valence-corrected chi connectivity index (χ3v) is 0.556. The summed E-state index contributed by atoms with van der Waals surface area (Å²) in [6, 6.07) is 0. The van der Waals surface area contributed by atoms with Gasteiger partial charge in [0.15, 0.2) is 0 Å². The van der Waals surface area contributed by atoms with E-state index in [4.69, 9.17) is 0 Å². The third kappa shape index (κ3) is 11.5. The van der Waals surface area contributed by atoms with Crippen molar-refractivity contribution in [3.05, 3.63) is 30.7 Å². The number of allylic oxidation sites excluding steroid dienone is 4. The maximum absolute atomic E-state index is 9.83. The number of hydrogen-bond donors (Lipinski definition) is 0. The van der Waals surface area contributed by atoms with Crippen molar-refractivity contribution in [3.63, 3.8) is 0 Å². The van der Waals surface area contributed by atoms with Crippen LogP contribution in [0.2, 0.25) is 0 Å². The zero-order valence-corrected chi connectivity index (χ0v) is 6.08. The van der Waals surface area contributed by atoms with Gasteiger partial charge < -0.3 is 0 Å². The van der Waals surface area contributed by atoms with Crippen molar-refractivity contribution in [2.45, 2.75) is 0 Å². The van der Waals surface area contributed by atoms with Gasteiger partial charge >= 0.3 is 28.8 Å². The summed E-state index contributed by atoms with van der Waals surface area (Å²) in [5.74, 6) is 0. The van der Waals surface area contributed by atoms with Crippen LogP contribution in [0.4, 0.5) is 9.28 Å². The molecule has 1 rings (SSSR count). The second-order valence-electron chi connectivity index (χ2n) is 1.18. The fraction of sp³-hybridized carbons (Fsp3) is 0. The summed E-state index contributed by atoms with van der Waals surface area (Å²) >= 11 is -4.83. The first-order chi connectivity index (χ1) is 4.23. The van der Waals surface area contributed by atoms with Crippen LogP contribution in [0.1, 0.15) is 0 Å². The van der Waals surface area contributed by atoms with Crippen molar-refractivity contribution in [1.82, 2.24) is 0 Å². The molecule has 0 aromatic carbocycles. The second-order valence-corrected chi connectivity index (χ2v) is 1.85. The number of rotatable bonds is 0. The van der Waals surface area contributed by atoms with Crippen molar-refractivity contribution in [3.8, 4) is 0 Å². The fourth-order valence-corrected chi connectivity index (χ4v) is 0.321. The molecule has 0 heterocycles. The van der Waals surface area contributed by atoms with Crippen LogP contribution in [0.25, 0.3) is 0 Å². The Morgan fingerprint density at radius 1 is 0.778 bits per heavy atom. The molecule has 0 nitrogen and oxygen atoms in total. The average Bonchev–Trinajstić information content (AvgIpc) is 2.11. The van der Waals surface area contributed by atoms with Crippen molar-refractivity contribution < 1.29 is 28.8 Å². The quantitative estimate of drug-likeness (QED) is 0.490. The molecule has 0 unspecified atom stereocenters. The van der Waals surface area contributed by atoms with Gasteiger partial charge in [0.2, 0.25) is 0 Å². The van der Waals surface area contributed by atoms with Gasteiger partial charge in [0, 0.05) is 6.42 Å². The molecule has 4 heteroatoms. The Morgan fingerprint density at radius 2 is 1.11 bits per heavy atom. The summed E-state index contributed by atoms with van der Waals surface area (Å²) in [5.41, 5.74) is 0. The molecule has 0 saturated heterocycles. The standard InChI is InChI=1S/C5H5.3FH.Ti/c1-2-4-5-3-1;;;;/h1-5H;3*1H;/q;;;;+3/p-3. The van der Waals surface area contributed by atoms with Gasteiger partial charge in [-0.25, -0.2) is 0 Å². The molecule has 0 N–H and O–H groups in total. The van der Waals surface area contributed by atoms with Gasteiger partial charge in [0.25, 0.3) is 0 Å². The Hall–Kier alpha value is -0.0157. The molecule has 0 fully saturated rings. The van der Waals surface area contributed by atoms with Crippen LogP contribution in [0.3, 0.4) is 0 Å².